The zero-order valence-corrected chi connectivity index (χ0v) is 53.4. The van der Waals surface area contributed by atoms with Crippen LogP contribution in [0.2, 0.25) is 0 Å². The highest BCUT2D eigenvalue weighted by atomic mass is 32.2. The normalized spacial score (nSPS) is 12.3. The molecule has 1 amide bonds. The fraction of sp³-hybridized carbons (Fsp3) is 0.515. The average Bonchev–Trinajstić information content (AvgIpc) is 4.36. The number of esters is 1. The Morgan fingerprint density at radius 2 is 1.01 bits per heavy atom. The van der Waals surface area contributed by atoms with Crippen molar-refractivity contribution < 1.29 is 57.4 Å². The summed E-state index contributed by atoms with van der Waals surface area (Å²) in [5, 5.41) is 34.0. The van der Waals surface area contributed by atoms with Crippen molar-refractivity contribution in [2.24, 2.45) is 11.8 Å². The van der Waals surface area contributed by atoms with E-state index in [4.69, 9.17) is 23.3 Å². The lowest BCUT2D eigenvalue weighted by atomic mass is 10.0. The van der Waals surface area contributed by atoms with Crippen molar-refractivity contribution in [1.29, 1.82) is 0 Å². The third-order valence-electron chi connectivity index (χ3n) is 15.1. The van der Waals surface area contributed by atoms with Crippen molar-refractivity contribution in [3.05, 3.63) is 96.6 Å². The number of Topliss-reactive ketones (excluding diaryl/α,β-unsaturated/α-hetero) is 1. The summed E-state index contributed by atoms with van der Waals surface area (Å²) in [6, 6.07) is 26.7. The summed E-state index contributed by atoms with van der Waals surface area (Å²) in [6.07, 6.45) is 22.5. The minimum absolute atomic E-state index is 0.0160. The molecule has 0 radical (unpaired) electrons. The van der Waals surface area contributed by atoms with E-state index in [-0.39, 0.29) is 53.1 Å². The van der Waals surface area contributed by atoms with Crippen LogP contribution in [0.15, 0.2) is 100 Å². The second-order valence-corrected chi connectivity index (χ2v) is 24.5. The molecule has 4 aromatic carbocycles. The van der Waals surface area contributed by atoms with E-state index in [0.29, 0.717) is 64.6 Å². The number of aliphatic carboxylic acids is 2. The monoisotopic (exact) mass is 1250 g/mol. The molecule has 2 heterocycles. The first kappa shape index (κ1) is 69.9. The van der Waals surface area contributed by atoms with Gasteiger partial charge in [-0.3, -0.25) is 19.2 Å². The fourth-order valence-corrected chi connectivity index (χ4v) is 12.3. The average molecular weight is 1250 g/mol. The van der Waals surface area contributed by atoms with Crippen molar-refractivity contribution in [2.75, 3.05) is 53.9 Å². The lowest BCUT2D eigenvalue weighted by Gasteiger charge is -2.20. The predicted octanol–water partition coefficient (Wildman–Crippen LogP) is 16.2. The molecule has 0 fully saturated rings. The van der Waals surface area contributed by atoms with Crippen molar-refractivity contribution in [3.63, 3.8) is 0 Å². The fourth-order valence-electron chi connectivity index (χ4n) is 9.80. The zero-order chi connectivity index (χ0) is 62.7. The number of ether oxygens (including phenoxy) is 3. The van der Waals surface area contributed by atoms with Crippen molar-refractivity contribution >= 4 is 64.5 Å². The summed E-state index contributed by atoms with van der Waals surface area (Å²) in [6.45, 7) is 6.80. The Balaban J connectivity index is 1.03. The molecule has 3 atom stereocenters. The summed E-state index contributed by atoms with van der Waals surface area (Å²) >= 11 is 2.50. The van der Waals surface area contributed by atoms with Crippen LogP contribution in [0, 0.1) is 11.8 Å². The molecule has 0 bridgehead atoms. The number of hydrogen-bond acceptors (Lipinski definition) is 17. The van der Waals surface area contributed by atoms with E-state index in [9.17, 15) is 34.2 Å². The highest BCUT2D eigenvalue weighted by molar-refractivity contribution is 8.00. The number of ketones is 1. The Hall–Kier alpha value is -7.19. The minimum atomic E-state index is -1.17. The third kappa shape index (κ3) is 25.1. The quantitative estimate of drug-likeness (QED) is 0.0205. The number of rotatable bonds is 46. The van der Waals surface area contributed by atoms with Gasteiger partial charge in [-0.05, 0) is 105 Å². The summed E-state index contributed by atoms with van der Waals surface area (Å²) in [5.74, 6) is -2.60. The molecule has 20 heteroatoms. The maximum atomic E-state index is 14.0. The van der Waals surface area contributed by atoms with E-state index in [1.807, 2.05) is 55.6 Å². The Labute approximate surface area is 527 Å². The van der Waals surface area contributed by atoms with Crippen LogP contribution in [0.4, 0.5) is 11.4 Å². The first-order valence-corrected chi connectivity index (χ1v) is 33.8. The molecule has 4 N–H and O–H groups in total. The number of carboxylic acids is 2. The molecule has 6 aromatic rings. The molecule has 0 saturated heterocycles. The first-order chi connectivity index (χ1) is 42.8. The lowest BCUT2D eigenvalue weighted by Crippen LogP contribution is -2.27. The van der Waals surface area contributed by atoms with E-state index in [1.54, 1.807) is 42.5 Å². The number of amides is 1. The van der Waals surface area contributed by atoms with Gasteiger partial charge in [0.05, 0.1) is 31.1 Å². The number of nitrogens with one attached hydrogen (secondary N) is 2. The summed E-state index contributed by atoms with van der Waals surface area (Å²) in [5.41, 5.74) is 4.34. The van der Waals surface area contributed by atoms with E-state index in [2.05, 4.69) is 44.8 Å². The van der Waals surface area contributed by atoms with Gasteiger partial charge in [0.25, 0.3) is 11.8 Å². The van der Waals surface area contributed by atoms with Gasteiger partial charge in [0.15, 0.2) is 11.5 Å². The SMILES string of the molecule is CCCCCCCCCCCCOc1ccc(C(=O)OC(CSCC(CC(=O)O)C(C)=O)CSCC(CC(=O)Nc2ccc(-c3noc(-c4cccc(-c5nc(-c6ccc(NC)cc6)no5)c4)n3)cc2)C(=O)O)cc1OCCCCCCCCCCCC. The van der Waals surface area contributed by atoms with Crippen LogP contribution in [0.1, 0.15) is 172 Å². The van der Waals surface area contributed by atoms with Crippen LogP contribution in [0.5, 0.6) is 11.5 Å². The molecule has 0 saturated carbocycles. The Morgan fingerprint density at radius 3 is 1.49 bits per heavy atom. The van der Waals surface area contributed by atoms with Gasteiger partial charge < -0.3 is 44.1 Å². The van der Waals surface area contributed by atoms with Crippen molar-refractivity contribution in [2.45, 2.75) is 168 Å². The lowest BCUT2D eigenvalue weighted by molar-refractivity contribution is -0.142. The highest BCUT2D eigenvalue weighted by Crippen LogP contribution is 2.32. The predicted molar refractivity (Wildman–Crippen MR) is 349 cm³/mol. The molecule has 6 rings (SSSR count). The molecule has 88 heavy (non-hydrogen) atoms. The Bertz CT molecular complexity index is 3040. The summed E-state index contributed by atoms with van der Waals surface area (Å²) in [7, 11) is 1.85. The molecule has 0 aliphatic rings. The van der Waals surface area contributed by atoms with E-state index < -0.39 is 41.8 Å². The van der Waals surface area contributed by atoms with Gasteiger partial charge >= 0.3 is 17.9 Å². The molecular weight excluding hydrogens is 1160 g/mol. The van der Waals surface area contributed by atoms with Crippen LogP contribution in [-0.4, -0.2) is 109 Å². The van der Waals surface area contributed by atoms with E-state index in [1.165, 1.54) is 120 Å². The van der Waals surface area contributed by atoms with E-state index in [0.717, 1.165) is 49.8 Å². The summed E-state index contributed by atoms with van der Waals surface area (Å²) in [4.78, 5) is 73.2. The maximum absolute atomic E-state index is 14.0. The van der Waals surface area contributed by atoms with Gasteiger partial charge in [-0.2, -0.15) is 33.5 Å². The zero-order valence-electron chi connectivity index (χ0n) is 51.8. The van der Waals surface area contributed by atoms with Crippen LogP contribution in [0.25, 0.3) is 45.7 Å². The van der Waals surface area contributed by atoms with Crippen LogP contribution >= 0.6 is 23.5 Å². The number of carbonyl (C=O) groups excluding carboxylic acids is 3. The molecule has 2 aromatic heterocycles. The van der Waals surface area contributed by atoms with Crippen LogP contribution in [-0.2, 0) is 23.9 Å². The largest absolute Gasteiger partial charge is 0.490 e. The maximum Gasteiger partial charge on any atom is 0.338 e. The molecule has 0 aliphatic heterocycles. The topological polar surface area (TPSA) is 255 Å². The van der Waals surface area contributed by atoms with Crippen molar-refractivity contribution in [1.82, 2.24) is 20.3 Å². The first-order valence-electron chi connectivity index (χ1n) is 31.5. The number of carbonyl (C=O) groups is 5. The number of aromatic nitrogens is 4. The second-order valence-electron chi connectivity index (χ2n) is 22.3. The minimum Gasteiger partial charge on any atom is -0.490 e. The Morgan fingerprint density at radius 1 is 0.534 bits per heavy atom. The molecule has 476 valence electrons. The van der Waals surface area contributed by atoms with Gasteiger partial charge in [-0.1, -0.05) is 146 Å². The smallest absolute Gasteiger partial charge is 0.338 e. The molecular formula is C68H90N6O12S2. The van der Waals surface area contributed by atoms with Gasteiger partial charge in [-0.25, -0.2) is 4.79 Å². The number of anilines is 2. The van der Waals surface area contributed by atoms with Crippen LogP contribution in [0.3, 0.4) is 0 Å². The number of thioether (sulfide) groups is 2. The summed E-state index contributed by atoms with van der Waals surface area (Å²) < 4.78 is 29.9. The van der Waals surface area contributed by atoms with Gasteiger partial charge in [0.2, 0.25) is 17.6 Å². The number of benzene rings is 4. The van der Waals surface area contributed by atoms with Gasteiger partial charge in [-0.15, -0.1) is 0 Å². The van der Waals surface area contributed by atoms with E-state index >= 15 is 0 Å². The molecule has 18 nitrogen and oxygen atoms in total. The number of nitrogens with zero attached hydrogens (tertiary/aromatic N) is 4. The second kappa shape index (κ2) is 39.7. The van der Waals surface area contributed by atoms with Crippen molar-refractivity contribution in [3.8, 4) is 57.2 Å². The molecule has 0 aliphatic carbocycles. The number of carboxylic acid groups (broad SMARTS) is 2. The molecule has 0 spiro atoms. The van der Waals surface area contributed by atoms with Gasteiger partial charge in [0.1, 0.15) is 11.9 Å². The number of unbranched alkanes of at least 4 members (excludes halogenated alkanes) is 18. The highest BCUT2D eigenvalue weighted by Gasteiger charge is 2.26. The Kier molecular flexibility index (Phi) is 31.5. The van der Waals surface area contributed by atoms with Crippen LogP contribution < -0.4 is 20.1 Å². The number of hydrogen-bond donors (Lipinski definition) is 4. The van der Waals surface area contributed by atoms with Gasteiger partial charge in [0, 0.05) is 76.0 Å². The standard InChI is InChI=1S/C68H90N6O12S2/c1-5-7-9-11-13-15-17-19-21-23-38-82-59-37-32-53(41-60(59)83-39-24-22-20-18-16-14-12-10-8-6-2)68(81)84-58(46-87-44-54(48(3)75)43-62(77)78)47-88-45-55(67(79)80)42-61(76)70-57-35-30-50(31-36-57)64-72-66(86-74-64)52-27-25-26-51(40-52)65-71-63(73-85-65)49-28-33-56(69-4)34-29-49/h25-37,40-41,54-55,58,69H,5-24,38-39,42-47H2,1-4H3,(H,70,76)(H,77,78)(H,79,80). The molecule has 3 unspecified atom stereocenters. The third-order valence-corrected chi connectivity index (χ3v) is 17.5.